The highest BCUT2D eigenvalue weighted by Gasteiger charge is 2.56. The lowest BCUT2D eigenvalue weighted by Gasteiger charge is -2.29. The molecule has 0 N–H and O–H groups in total. The molecule has 1 aliphatic heterocycles. The summed E-state index contributed by atoms with van der Waals surface area (Å²) in [4.78, 5) is 0. The molecule has 0 bridgehead atoms. The minimum Gasteiger partial charge on any atom is -0.0990 e. The second-order valence-electron chi connectivity index (χ2n) is 9.53. The zero-order valence-corrected chi connectivity index (χ0v) is 21.1. The lowest BCUT2D eigenvalue weighted by atomic mass is 9.66. The Bertz CT molecular complexity index is 1180. The average Bonchev–Trinajstić information content (AvgIpc) is 2.76. The number of benzene rings is 1. The molecular weight excluding hydrogens is 398 g/mol. The van der Waals surface area contributed by atoms with E-state index in [9.17, 15) is 0 Å². The van der Waals surface area contributed by atoms with Gasteiger partial charge < -0.3 is 0 Å². The Balaban J connectivity index is 1.96. The number of allylic oxidation sites excluding steroid dienone is 11. The van der Waals surface area contributed by atoms with Gasteiger partial charge in [-0.2, -0.15) is 0 Å². The van der Waals surface area contributed by atoms with Gasteiger partial charge in [0.15, 0.2) is 5.41 Å². The molecule has 1 atom stereocenters. The minimum atomic E-state index is 0.175. The molecule has 0 spiro atoms. The van der Waals surface area contributed by atoms with Gasteiger partial charge in [0.2, 0.25) is 0 Å². The van der Waals surface area contributed by atoms with E-state index < -0.39 is 0 Å². The van der Waals surface area contributed by atoms with Gasteiger partial charge >= 0.3 is 5.71 Å². The molecule has 0 amide bonds. The topological polar surface area (TPSA) is 14.1 Å². The van der Waals surface area contributed by atoms with Crippen LogP contribution in [0.1, 0.15) is 70.1 Å². The minimum absolute atomic E-state index is 0.175. The third-order valence-electron chi connectivity index (χ3n) is 6.93. The molecule has 1 heteroatoms. The van der Waals surface area contributed by atoms with Gasteiger partial charge in [-0.05, 0) is 93.0 Å². The number of hydrogen-bond acceptors (Lipinski definition) is 0. The van der Waals surface area contributed by atoms with E-state index in [1.165, 1.54) is 47.4 Å². The van der Waals surface area contributed by atoms with Gasteiger partial charge in [0.25, 0.3) is 5.71 Å². The van der Waals surface area contributed by atoms with Crippen LogP contribution in [0.3, 0.4) is 0 Å². The summed E-state index contributed by atoms with van der Waals surface area (Å²) in [6.07, 6.45) is 17.2. The molecule has 1 unspecified atom stereocenters. The maximum absolute atomic E-state index is 4.94. The van der Waals surface area contributed by atoms with E-state index in [0.717, 1.165) is 34.3 Å². The molecule has 170 valence electrons. The molecule has 33 heavy (non-hydrogen) atoms. The van der Waals surface area contributed by atoms with E-state index in [2.05, 4.69) is 83.9 Å². The number of aryl methyl sites for hydroxylation is 1. The number of hydrogen-bond donors (Lipinski definition) is 0. The first-order valence-electron chi connectivity index (χ1n) is 12.0. The van der Waals surface area contributed by atoms with E-state index >= 15 is 0 Å². The molecule has 2 aliphatic rings. The van der Waals surface area contributed by atoms with E-state index in [4.69, 9.17) is 4.67 Å². The van der Waals surface area contributed by atoms with Crippen molar-refractivity contribution in [1.82, 2.24) is 4.67 Å². The number of nitrogens with zero attached hydrogens (tertiary/aromatic N) is 1. The van der Waals surface area contributed by atoms with Crippen LogP contribution in [0.4, 0.5) is 0 Å². The molecule has 3 rings (SSSR count). The number of rotatable bonds is 8. The van der Waals surface area contributed by atoms with Crippen molar-refractivity contribution in [3.8, 4) is 0 Å². The zero-order chi connectivity index (χ0) is 24.2. The first-order chi connectivity index (χ1) is 15.7. The molecule has 1 fully saturated rings. The Labute approximate surface area is 200 Å². The lowest BCUT2D eigenvalue weighted by molar-refractivity contribution is 0.469. The maximum Gasteiger partial charge on any atom is 0.328 e. The van der Waals surface area contributed by atoms with Crippen molar-refractivity contribution in [2.45, 2.75) is 60.3 Å². The lowest BCUT2D eigenvalue weighted by Crippen LogP contribution is -2.49. The zero-order valence-electron chi connectivity index (χ0n) is 21.1. The van der Waals surface area contributed by atoms with Crippen LogP contribution in [0, 0.1) is 12.3 Å². The van der Waals surface area contributed by atoms with E-state index in [-0.39, 0.29) is 5.41 Å². The van der Waals surface area contributed by atoms with Gasteiger partial charge in [-0.3, -0.25) is 0 Å². The van der Waals surface area contributed by atoms with Crippen molar-refractivity contribution in [3.63, 3.8) is 0 Å². The molecule has 1 saturated carbocycles. The SMILES string of the molecule is C=C/C=C(/C(=C/C)C(=C)/C(C)=C/C=C\C(=C)C)c1ccc(C2=[N+]=C3CCCCC32C)cc1C. The summed E-state index contributed by atoms with van der Waals surface area (Å²) in [5.74, 6) is 0. The summed E-state index contributed by atoms with van der Waals surface area (Å²) in [5, 5.41) is 0. The van der Waals surface area contributed by atoms with Crippen LogP contribution >= 0.6 is 0 Å². The summed E-state index contributed by atoms with van der Waals surface area (Å²) in [5.41, 5.74) is 12.0. The summed E-state index contributed by atoms with van der Waals surface area (Å²) in [7, 11) is 0. The smallest absolute Gasteiger partial charge is 0.0990 e. The fourth-order valence-corrected chi connectivity index (χ4v) is 4.93. The van der Waals surface area contributed by atoms with Crippen LogP contribution in [0.5, 0.6) is 0 Å². The molecule has 1 heterocycles. The van der Waals surface area contributed by atoms with E-state index in [1.54, 1.807) is 0 Å². The Morgan fingerprint density at radius 1 is 1.12 bits per heavy atom. The van der Waals surface area contributed by atoms with Crippen LogP contribution in [-0.4, -0.2) is 11.4 Å². The fraction of sp³-hybridized carbons (Fsp3) is 0.312. The highest BCUT2D eigenvalue weighted by atomic mass is 14.8. The summed E-state index contributed by atoms with van der Waals surface area (Å²) >= 11 is 0. The summed E-state index contributed by atoms with van der Waals surface area (Å²) in [6, 6.07) is 6.78. The highest BCUT2D eigenvalue weighted by Crippen LogP contribution is 2.40. The molecule has 1 aromatic carbocycles. The highest BCUT2D eigenvalue weighted by molar-refractivity contribution is 6.25. The summed E-state index contributed by atoms with van der Waals surface area (Å²) < 4.78 is 4.94. The van der Waals surface area contributed by atoms with Gasteiger partial charge in [-0.1, -0.05) is 78.9 Å². The first-order valence-corrected chi connectivity index (χ1v) is 12.0. The van der Waals surface area contributed by atoms with Crippen molar-refractivity contribution >= 4 is 17.0 Å². The van der Waals surface area contributed by atoms with Gasteiger partial charge in [0.05, 0.1) is 5.56 Å². The second-order valence-corrected chi connectivity index (χ2v) is 9.53. The monoisotopic (exact) mass is 436 g/mol. The van der Waals surface area contributed by atoms with Crippen molar-refractivity contribution < 1.29 is 0 Å². The summed E-state index contributed by atoms with van der Waals surface area (Å²) in [6.45, 7) is 23.0. The third kappa shape index (κ3) is 4.95. The van der Waals surface area contributed by atoms with Crippen molar-refractivity contribution in [2.24, 2.45) is 5.41 Å². The van der Waals surface area contributed by atoms with Crippen LogP contribution in [0.2, 0.25) is 0 Å². The molecule has 0 saturated heterocycles. The quantitative estimate of drug-likeness (QED) is 0.289. The van der Waals surface area contributed by atoms with Gasteiger partial charge in [-0.15, -0.1) is 0 Å². The first kappa shape index (κ1) is 24.5. The average molecular weight is 437 g/mol. The standard InChI is InChI=1S/C32H38N/c1-9-14-29(27(10-2)25(7)23(5)16-13-15-22(3)4)28-19-18-26(21-24(28)6)31-32(8)20-12-11-17-30(32)33-31/h9-10,13-16,18-19,21H,1,3,7,11-12,17,20H2,2,4-6,8H3/q+1/b15-13-,23-16+,27-10+,29-14-. The molecule has 1 aliphatic carbocycles. The second kappa shape index (κ2) is 10.2. The van der Waals surface area contributed by atoms with Gasteiger partial charge in [0, 0.05) is 6.42 Å². The van der Waals surface area contributed by atoms with E-state index in [1.807, 2.05) is 25.2 Å². The van der Waals surface area contributed by atoms with Gasteiger partial charge in [-0.25, -0.2) is 0 Å². The maximum atomic E-state index is 4.94. The van der Waals surface area contributed by atoms with Crippen LogP contribution in [-0.2, 0) is 0 Å². The fourth-order valence-electron chi connectivity index (χ4n) is 4.93. The largest absolute Gasteiger partial charge is 0.328 e. The van der Waals surface area contributed by atoms with Crippen LogP contribution in [0.25, 0.3) is 5.57 Å². The molecular formula is C32H38N+. The van der Waals surface area contributed by atoms with E-state index in [0.29, 0.717) is 0 Å². The number of fused-ring (bicyclic) bond motifs is 1. The third-order valence-corrected chi connectivity index (χ3v) is 6.93. The van der Waals surface area contributed by atoms with Crippen molar-refractivity contribution in [3.05, 3.63) is 113 Å². The Morgan fingerprint density at radius 2 is 1.88 bits per heavy atom. The Hall–Kier alpha value is -3.15. The normalized spacial score (nSPS) is 21.2. The van der Waals surface area contributed by atoms with Crippen molar-refractivity contribution in [2.75, 3.05) is 0 Å². The predicted octanol–water partition coefficient (Wildman–Crippen LogP) is 8.04. The van der Waals surface area contributed by atoms with Gasteiger partial charge in [0.1, 0.15) is 0 Å². The molecule has 1 nitrogen and oxygen atoms in total. The molecule has 0 radical (unpaired) electrons. The Morgan fingerprint density at radius 3 is 2.48 bits per heavy atom. The predicted molar refractivity (Wildman–Crippen MR) is 148 cm³/mol. The van der Waals surface area contributed by atoms with Crippen LogP contribution < -0.4 is 4.67 Å². The Kier molecular flexibility index (Phi) is 7.57. The van der Waals surface area contributed by atoms with Crippen LogP contribution in [0.15, 0.2) is 96.7 Å². The molecule has 0 aromatic heterocycles. The van der Waals surface area contributed by atoms with Crippen molar-refractivity contribution in [1.29, 1.82) is 0 Å². The molecule has 1 aromatic rings.